The first-order valence-corrected chi connectivity index (χ1v) is 21.7. The zero-order chi connectivity index (χ0) is 40.4. The smallest absolute Gasteiger partial charge is 0.171 e. The Bertz CT molecular complexity index is 2260. The second kappa shape index (κ2) is 16.2. The molecule has 0 aromatic heterocycles. The first-order valence-electron chi connectivity index (χ1n) is 18.3. The van der Waals surface area contributed by atoms with Crippen LogP contribution in [-0.2, 0) is 13.9 Å². The number of aryl methyl sites for hydroxylation is 1. The fourth-order valence-corrected chi connectivity index (χ4v) is 13.9. The Morgan fingerprint density at radius 3 is 1.25 bits per heavy atom. The van der Waals surface area contributed by atoms with E-state index < -0.39 is 25.8 Å². The summed E-state index contributed by atoms with van der Waals surface area (Å²) < 4.78 is 67.8. The van der Waals surface area contributed by atoms with E-state index in [1.54, 1.807) is 42.7 Å². The SMILES string of the molecule is COc1ccc(P(=O)(C2=C(c3c(P(=O)(c4ccc(OC)cc4)c4ccc(OC)cc4)cc(C)c(OC)c3C)C(C)(C)C(OC)C=C2)c2ccc(OC)cc2)cc1. The molecule has 8 nitrogen and oxygen atoms in total. The van der Waals surface area contributed by atoms with Gasteiger partial charge >= 0.3 is 0 Å². The minimum absolute atomic E-state index is 0.428. The van der Waals surface area contributed by atoms with Crippen LogP contribution in [-0.4, -0.2) is 48.8 Å². The molecule has 1 aliphatic rings. The van der Waals surface area contributed by atoms with Crippen LogP contribution in [0.1, 0.15) is 30.5 Å². The Morgan fingerprint density at radius 1 is 0.536 bits per heavy atom. The van der Waals surface area contributed by atoms with Crippen molar-refractivity contribution in [3.8, 4) is 28.7 Å². The van der Waals surface area contributed by atoms with Gasteiger partial charge in [0, 0.05) is 44.4 Å². The van der Waals surface area contributed by atoms with Crippen LogP contribution in [0.4, 0.5) is 0 Å². The minimum Gasteiger partial charge on any atom is -0.497 e. The molecule has 56 heavy (non-hydrogen) atoms. The molecule has 1 atom stereocenters. The highest BCUT2D eigenvalue weighted by Gasteiger charge is 2.47. The average molecular weight is 793 g/mol. The monoisotopic (exact) mass is 792 g/mol. The molecule has 0 bridgehead atoms. The summed E-state index contributed by atoms with van der Waals surface area (Å²) in [6.07, 6.45) is 3.49. The number of methoxy groups -OCH3 is 6. The van der Waals surface area contributed by atoms with Gasteiger partial charge in [-0.3, -0.25) is 0 Å². The second-order valence-electron chi connectivity index (χ2n) is 14.3. The number of hydrogen-bond acceptors (Lipinski definition) is 8. The fourth-order valence-electron chi connectivity index (χ4n) is 7.91. The second-order valence-corrected chi connectivity index (χ2v) is 19.7. The van der Waals surface area contributed by atoms with Crippen LogP contribution in [0.25, 0.3) is 5.57 Å². The van der Waals surface area contributed by atoms with Gasteiger partial charge in [0.15, 0.2) is 14.3 Å². The molecule has 0 aliphatic heterocycles. The van der Waals surface area contributed by atoms with Gasteiger partial charge < -0.3 is 37.6 Å². The Morgan fingerprint density at radius 2 is 0.911 bits per heavy atom. The van der Waals surface area contributed by atoms with Crippen LogP contribution in [0, 0.1) is 19.3 Å². The van der Waals surface area contributed by atoms with Crippen LogP contribution in [0.3, 0.4) is 0 Å². The lowest BCUT2D eigenvalue weighted by Gasteiger charge is -2.42. The van der Waals surface area contributed by atoms with Gasteiger partial charge in [-0.2, -0.15) is 0 Å². The third kappa shape index (κ3) is 6.89. The highest BCUT2D eigenvalue weighted by atomic mass is 31.2. The zero-order valence-electron chi connectivity index (χ0n) is 33.7. The quantitative estimate of drug-likeness (QED) is 0.110. The summed E-state index contributed by atoms with van der Waals surface area (Å²) in [5.41, 5.74) is 2.21. The summed E-state index contributed by atoms with van der Waals surface area (Å²) >= 11 is 0. The molecule has 0 amide bonds. The summed E-state index contributed by atoms with van der Waals surface area (Å²) in [7, 11) is 2.27. The van der Waals surface area contributed by atoms with E-state index in [0.717, 1.165) is 16.7 Å². The summed E-state index contributed by atoms with van der Waals surface area (Å²) in [4.78, 5) is 0. The maximum Gasteiger partial charge on any atom is 0.171 e. The maximum atomic E-state index is 16.7. The zero-order valence-corrected chi connectivity index (χ0v) is 35.5. The van der Waals surface area contributed by atoms with E-state index in [2.05, 4.69) is 13.8 Å². The van der Waals surface area contributed by atoms with Crippen molar-refractivity contribution in [1.29, 1.82) is 0 Å². The Hall–Kier alpha value is -5.00. The summed E-state index contributed by atoms with van der Waals surface area (Å²) in [5, 5.41) is 3.62. The molecule has 0 fully saturated rings. The van der Waals surface area contributed by atoms with Crippen molar-refractivity contribution in [2.75, 3.05) is 42.7 Å². The molecule has 0 radical (unpaired) electrons. The van der Waals surface area contributed by atoms with Gasteiger partial charge in [0.1, 0.15) is 28.7 Å². The lowest BCUT2D eigenvalue weighted by atomic mass is 9.72. The van der Waals surface area contributed by atoms with Crippen molar-refractivity contribution in [2.45, 2.75) is 33.8 Å². The number of hydrogen-bond donors (Lipinski definition) is 0. The molecule has 10 heteroatoms. The van der Waals surface area contributed by atoms with E-state index >= 15 is 9.13 Å². The summed E-state index contributed by atoms with van der Waals surface area (Å²) in [6.45, 7) is 8.13. The Balaban J connectivity index is 1.83. The lowest BCUT2D eigenvalue weighted by molar-refractivity contribution is 0.0724. The van der Waals surface area contributed by atoms with Crippen LogP contribution in [0.5, 0.6) is 28.7 Å². The van der Waals surface area contributed by atoms with Crippen molar-refractivity contribution in [2.24, 2.45) is 5.41 Å². The Kier molecular flexibility index (Phi) is 11.8. The molecule has 5 aromatic carbocycles. The molecule has 292 valence electrons. The van der Waals surface area contributed by atoms with Crippen LogP contribution < -0.4 is 50.2 Å². The van der Waals surface area contributed by atoms with Crippen molar-refractivity contribution < 1.29 is 37.6 Å². The van der Waals surface area contributed by atoms with Crippen LogP contribution >= 0.6 is 14.3 Å². The molecule has 0 spiro atoms. The average Bonchev–Trinajstić information content (AvgIpc) is 3.23. The van der Waals surface area contributed by atoms with Crippen molar-refractivity contribution in [3.05, 3.63) is 137 Å². The number of ether oxygens (including phenoxy) is 6. The minimum atomic E-state index is -3.74. The molecule has 0 N–H and O–H groups in total. The Labute approximate surface area is 330 Å². The van der Waals surface area contributed by atoms with Crippen molar-refractivity contribution in [1.82, 2.24) is 0 Å². The molecular formula is C46H50O8P2. The van der Waals surface area contributed by atoms with Gasteiger partial charge in [-0.15, -0.1) is 0 Å². The molecular weight excluding hydrogens is 742 g/mol. The topological polar surface area (TPSA) is 89.5 Å². The number of benzene rings is 5. The maximum absolute atomic E-state index is 16.7. The van der Waals surface area contributed by atoms with E-state index in [9.17, 15) is 0 Å². The predicted octanol–water partition coefficient (Wildman–Crippen LogP) is 8.32. The molecule has 1 aliphatic carbocycles. The van der Waals surface area contributed by atoms with Gasteiger partial charge in [0.05, 0.1) is 41.7 Å². The van der Waals surface area contributed by atoms with Crippen molar-refractivity contribution >= 4 is 46.4 Å². The highest BCUT2D eigenvalue weighted by Crippen LogP contribution is 2.62. The third-order valence-corrected chi connectivity index (χ3v) is 17.0. The molecule has 0 saturated carbocycles. The molecule has 0 heterocycles. The first-order chi connectivity index (χ1) is 26.8. The standard InChI is InChI=1S/C46H50O8P2/c1-30-29-41(56(48,38-23-15-34(51-7)16-24-38)39-25-17-35(52-8)18-26-39)43(31(2)45(30)54-10)44-40(27-28-42(53-9)46(44,3)4)55(47,36-19-11-32(49-5)12-20-36)37-21-13-33(50-6)14-22-37/h11-29,42H,1-10H3. The van der Waals surface area contributed by atoms with Gasteiger partial charge in [0.25, 0.3) is 0 Å². The van der Waals surface area contributed by atoms with E-state index in [1.165, 1.54) is 0 Å². The third-order valence-electron chi connectivity index (χ3n) is 10.9. The summed E-state index contributed by atoms with van der Waals surface area (Å²) in [6, 6.07) is 31.5. The number of allylic oxidation sites excluding steroid dienone is 2. The molecule has 0 saturated heterocycles. The van der Waals surface area contributed by atoms with E-state index in [-0.39, 0.29) is 0 Å². The van der Waals surface area contributed by atoms with Gasteiger partial charge in [-0.25, -0.2) is 0 Å². The largest absolute Gasteiger partial charge is 0.497 e. The van der Waals surface area contributed by atoms with Crippen molar-refractivity contribution in [3.63, 3.8) is 0 Å². The molecule has 6 rings (SSSR count). The molecule has 1 unspecified atom stereocenters. The van der Waals surface area contributed by atoms with Crippen LogP contribution in [0.2, 0.25) is 0 Å². The molecule has 5 aromatic rings. The van der Waals surface area contributed by atoms with Gasteiger partial charge in [0.2, 0.25) is 0 Å². The normalized spacial score (nSPS) is 15.4. The number of rotatable bonds is 13. The first kappa shape index (κ1) is 40.7. The van der Waals surface area contributed by atoms with Gasteiger partial charge in [-0.05, 0) is 139 Å². The van der Waals surface area contributed by atoms with E-state index in [4.69, 9.17) is 28.4 Å². The van der Waals surface area contributed by atoms with Crippen LogP contribution in [0.15, 0.2) is 121 Å². The lowest BCUT2D eigenvalue weighted by Crippen LogP contribution is -2.38. The predicted molar refractivity (Wildman–Crippen MR) is 228 cm³/mol. The van der Waals surface area contributed by atoms with Gasteiger partial charge in [-0.1, -0.05) is 26.0 Å². The summed E-state index contributed by atoms with van der Waals surface area (Å²) in [5.74, 6) is 3.22. The van der Waals surface area contributed by atoms with E-state index in [1.807, 2.05) is 129 Å². The highest BCUT2D eigenvalue weighted by molar-refractivity contribution is 7.85. The fraction of sp³-hybridized carbons (Fsp3) is 0.261. The van der Waals surface area contributed by atoms with E-state index in [0.29, 0.717) is 66.1 Å².